The summed E-state index contributed by atoms with van der Waals surface area (Å²) in [5.74, 6) is -0.294. The first-order chi connectivity index (χ1) is 13.0. The Kier molecular flexibility index (Phi) is 6.45. The second-order valence-electron chi connectivity index (χ2n) is 6.66. The number of para-hydroxylation sites is 1. The van der Waals surface area contributed by atoms with Crippen LogP contribution in [0.4, 0.5) is 5.69 Å². The monoisotopic (exact) mass is 431 g/mol. The van der Waals surface area contributed by atoms with Crippen LogP contribution in [-0.2, 0) is 16.1 Å². The molecule has 142 valence electrons. The van der Waals surface area contributed by atoms with E-state index in [9.17, 15) is 14.4 Å². The number of aryl methyl sites for hydroxylation is 1. The molecule has 27 heavy (non-hydrogen) atoms. The molecule has 0 aliphatic carbocycles. The van der Waals surface area contributed by atoms with E-state index in [0.717, 1.165) is 23.0 Å². The average Bonchev–Trinajstić information content (AvgIpc) is 2.69. The van der Waals surface area contributed by atoms with Crippen molar-refractivity contribution in [3.63, 3.8) is 0 Å². The van der Waals surface area contributed by atoms with Crippen LogP contribution in [0.15, 0.2) is 57.9 Å². The molecule has 2 aromatic rings. The van der Waals surface area contributed by atoms with Crippen LogP contribution < -0.4 is 10.9 Å². The van der Waals surface area contributed by atoms with E-state index in [-0.39, 0.29) is 29.7 Å². The van der Waals surface area contributed by atoms with E-state index in [2.05, 4.69) is 21.2 Å². The van der Waals surface area contributed by atoms with Gasteiger partial charge in [-0.05, 0) is 47.0 Å². The van der Waals surface area contributed by atoms with Gasteiger partial charge in [0.25, 0.3) is 5.56 Å². The Morgan fingerprint density at radius 3 is 2.70 bits per heavy atom. The number of piperidine rings is 1. The van der Waals surface area contributed by atoms with E-state index < -0.39 is 0 Å². The summed E-state index contributed by atoms with van der Waals surface area (Å²) in [6.45, 7) is 1.40. The summed E-state index contributed by atoms with van der Waals surface area (Å²) < 4.78 is 2.32. The number of rotatable bonds is 5. The minimum absolute atomic E-state index is 0.0286. The van der Waals surface area contributed by atoms with Crippen LogP contribution >= 0.6 is 15.9 Å². The zero-order valence-corrected chi connectivity index (χ0v) is 16.5. The molecular formula is C20H22BrN3O3. The molecular weight excluding hydrogens is 410 g/mol. The summed E-state index contributed by atoms with van der Waals surface area (Å²) in [5.41, 5.74) is 0.629. The molecule has 0 bridgehead atoms. The van der Waals surface area contributed by atoms with Crippen molar-refractivity contribution < 1.29 is 9.59 Å². The lowest BCUT2D eigenvalue weighted by molar-refractivity contribution is -0.134. The lowest BCUT2D eigenvalue weighted by Crippen LogP contribution is -2.44. The molecule has 6 nitrogen and oxygen atoms in total. The molecule has 7 heteroatoms. The van der Waals surface area contributed by atoms with Crippen molar-refractivity contribution in [2.75, 3.05) is 18.4 Å². The number of benzene rings is 1. The molecule has 1 saturated heterocycles. The van der Waals surface area contributed by atoms with E-state index in [1.807, 2.05) is 30.3 Å². The third kappa shape index (κ3) is 5.29. The number of amides is 2. The van der Waals surface area contributed by atoms with Crippen molar-refractivity contribution >= 4 is 33.4 Å². The normalized spacial score (nSPS) is 16.8. The number of nitrogens with one attached hydrogen (secondary N) is 1. The maximum Gasteiger partial charge on any atom is 0.250 e. The van der Waals surface area contributed by atoms with Gasteiger partial charge in [-0.3, -0.25) is 14.4 Å². The van der Waals surface area contributed by atoms with Crippen LogP contribution in [0.2, 0.25) is 0 Å². The highest BCUT2D eigenvalue weighted by Crippen LogP contribution is 2.19. The number of hydrogen-bond acceptors (Lipinski definition) is 3. The molecule has 1 N–H and O–H groups in total. The van der Waals surface area contributed by atoms with Gasteiger partial charge in [-0.25, -0.2) is 0 Å². The molecule has 0 radical (unpaired) electrons. The topological polar surface area (TPSA) is 71.4 Å². The summed E-state index contributed by atoms with van der Waals surface area (Å²) >= 11 is 3.33. The number of pyridine rings is 1. The van der Waals surface area contributed by atoms with Gasteiger partial charge in [-0.15, -0.1) is 0 Å². The van der Waals surface area contributed by atoms with Crippen molar-refractivity contribution in [3.05, 3.63) is 63.5 Å². The maximum absolute atomic E-state index is 12.6. The molecule has 0 spiro atoms. The van der Waals surface area contributed by atoms with Crippen molar-refractivity contribution in [3.8, 4) is 0 Å². The first-order valence-electron chi connectivity index (χ1n) is 9.02. The number of hydrogen-bond donors (Lipinski definition) is 1. The Morgan fingerprint density at radius 2 is 1.93 bits per heavy atom. The van der Waals surface area contributed by atoms with Gasteiger partial charge in [0, 0.05) is 48.5 Å². The average molecular weight is 432 g/mol. The van der Waals surface area contributed by atoms with Crippen LogP contribution in [0, 0.1) is 5.92 Å². The Morgan fingerprint density at radius 1 is 1.15 bits per heavy atom. The highest BCUT2D eigenvalue weighted by molar-refractivity contribution is 9.10. The van der Waals surface area contributed by atoms with E-state index >= 15 is 0 Å². The summed E-state index contributed by atoms with van der Waals surface area (Å²) in [6, 6.07) is 12.5. The van der Waals surface area contributed by atoms with E-state index in [4.69, 9.17) is 0 Å². The van der Waals surface area contributed by atoms with Crippen LogP contribution in [0.25, 0.3) is 0 Å². The number of nitrogens with zero attached hydrogens (tertiary/aromatic N) is 2. The van der Waals surface area contributed by atoms with Gasteiger partial charge in [0.1, 0.15) is 0 Å². The molecule has 2 amide bonds. The number of carbonyl (C=O) groups excluding carboxylic acids is 2. The first-order valence-corrected chi connectivity index (χ1v) is 9.82. The molecule has 1 aromatic carbocycles. The highest BCUT2D eigenvalue weighted by Gasteiger charge is 2.28. The molecule has 1 atom stereocenters. The van der Waals surface area contributed by atoms with Gasteiger partial charge in [0.2, 0.25) is 11.8 Å². The zero-order chi connectivity index (χ0) is 19.2. The van der Waals surface area contributed by atoms with Crippen LogP contribution in [0.3, 0.4) is 0 Å². The Hall–Kier alpha value is -2.41. The van der Waals surface area contributed by atoms with Gasteiger partial charge in [0.05, 0.1) is 5.92 Å². The zero-order valence-electron chi connectivity index (χ0n) is 14.9. The first kappa shape index (κ1) is 19.4. The maximum atomic E-state index is 12.6. The molecule has 0 unspecified atom stereocenters. The fourth-order valence-corrected chi connectivity index (χ4v) is 3.61. The molecule has 2 heterocycles. The second kappa shape index (κ2) is 8.99. The van der Waals surface area contributed by atoms with Crippen LogP contribution in [0.1, 0.15) is 19.3 Å². The van der Waals surface area contributed by atoms with E-state index in [1.54, 1.807) is 17.2 Å². The van der Waals surface area contributed by atoms with Crippen LogP contribution in [-0.4, -0.2) is 34.4 Å². The molecule has 0 saturated carbocycles. The van der Waals surface area contributed by atoms with Crippen molar-refractivity contribution in [2.45, 2.75) is 25.8 Å². The van der Waals surface area contributed by atoms with Crippen molar-refractivity contribution in [1.82, 2.24) is 9.47 Å². The lowest BCUT2D eigenvalue weighted by atomic mass is 9.96. The van der Waals surface area contributed by atoms with Gasteiger partial charge >= 0.3 is 0 Å². The van der Waals surface area contributed by atoms with Gasteiger partial charge in [-0.2, -0.15) is 0 Å². The van der Waals surface area contributed by atoms with Crippen molar-refractivity contribution in [2.24, 2.45) is 5.92 Å². The minimum atomic E-state index is -0.212. The molecule has 1 fully saturated rings. The predicted molar refractivity (Wildman–Crippen MR) is 107 cm³/mol. The largest absolute Gasteiger partial charge is 0.342 e. The Balaban J connectivity index is 1.55. The number of halogens is 1. The number of likely N-dealkylation sites (tertiary alicyclic amines) is 1. The third-order valence-corrected chi connectivity index (χ3v) is 5.17. The fraction of sp³-hybridized carbons (Fsp3) is 0.350. The standard InChI is InChI=1S/C20H22BrN3O3/c21-16-8-9-18(25)24(14-16)12-10-19(26)23-11-4-5-15(13-23)20(27)22-17-6-2-1-3-7-17/h1-3,6-9,14-15H,4-5,10-13H2,(H,22,27)/t15-/m0/s1. The Bertz CT molecular complexity index is 866. The number of aromatic nitrogens is 1. The summed E-state index contributed by atoms with van der Waals surface area (Å²) in [5, 5.41) is 2.92. The second-order valence-corrected chi connectivity index (χ2v) is 7.58. The third-order valence-electron chi connectivity index (χ3n) is 4.70. The highest BCUT2D eigenvalue weighted by atomic mass is 79.9. The summed E-state index contributed by atoms with van der Waals surface area (Å²) in [6.07, 6.45) is 3.49. The molecule has 1 aromatic heterocycles. The molecule has 1 aliphatic rings. The molecule has 1 aliphatic heterocycles. The van der Waals surface area contributed by atoms with Gasteiger partial charge in [-0.1, -0.05) is 18.2 Å². The number of carbonyl (C=O) groups is 2. The van der Waals surface area contributed by atoms with Crippen molar-refractivity contribution in [1.29, 1.82) is 0 Å². The summed E-state index contributed by atoms with van der Waals surface area (Å²) in [4.78, 5) is 38.6. The lowest BCUT2D eigenvalue weighted by Gasteiger charge is -2.32. The Labute approximate surface area is 166 Å². The molecule has 3 rings (SSSR count). The van der Waals surface area contributed by atoms with E-state index in [1.165, 1.54) is 10.6 Å². The van der Waals surface area contributed by atoms with Crippen LogP contribution in [0.5, 0.6) is 0 Å². The SMILES string of the molecule is O=C(Nc1ccccc1)[C@H]1CCCN(C(=O)CCn2cc(Br)ccc2=O)C1. The fourth-order valence-electron chi connectivity index (χ4n) is 3.23. The van der Waals surface area contributed by atoms with E-state index in [0.29, 0.717) is 19.6 Å². The summed E-state index contributed by atoms with van der Waals surface area (Å²) in [7, 11) is 0. The quantitative estimate of drug-likeness (QED) is 0.790. The van der Waals surface area contributed by atoms with Gasteiger partial charge in [0.15, 0.2) is 0 Å². The predicted octanol–water partition coefficient (Wildman–Crippen LogP) is 2.88. The minimum Gasteiger partial charge on any atom is -0.342 e. The smallest absolute Gasteiger partial charge is 0.250 e. The van der Waals surface area contributed by atoms with Gasteiger partial charge < -0.3 is 14.8 Å². The number of anilines is 1.